The molecule has 2 heterocycles. The van der Waals surface area contributed by atoms with Gasteiger partial charge in [-0.3, -0.25) is 0 Å². The topological polar surface area (TPSA) is 122 Å². The molecule has 3 rings (SSSR count). The lowest BCUT2D eigenvalue weighted by Crippen LogP contribution is -2.00. The van der Waals surface area contributed by atoms with E-state index in [1.165, 1.54) is 6.07 Å². The highest BCUT2D eigenvalue weighted by molar-refractivity contribution is 6.12. The van der Waals surface area contributed by atoms with Gasteiger partial charge in [0.25, 0.3) is 0 Å². The molecular weight excluding hydrogens is 244 g/mol. The molecule has 0 bridgehead atoms. The fourth-order valence-corrected chi connectivity index (χ4v) is 2.22. The Morgan fingerprint density at radius 1 is 1.37 bits per heavy atom. The number of fused-ring (bicyclic) bond motifs is 3. The normalized spacial score (nSPS) is 10.9. The van der Waals surface area contributed by atoms with Crippen LogP contribution in [0, 0.1) is 18.3 Å². The summed E-state index contributed by atoms with van der Waals surface area (Å²) in [6.45, 7) is 1.80. The first kappa shape index (κ1) is 11.2. The van der Waals surface area contributed by atoms with Gasteiger partial charge in [-0.25, -0.2) is 0 Å². The second-order valence-electron chi connectivity index (χ2n) is 4.32. The number of nitrogens with two attached hydrogens (primary N) is 2. The molecule has 0 aliphatic heterocycles. The first-order valence-electron chi connectivity index (χ1n) is 5.53. The zero-order valence-corrected chi connectivity index (χ0v) is 10.1. The van der Waals surface area contributed by atoms with Gasteiger partial charge in [-0.05, 0) is 24.6 Å². The smallest absolute Gasteiger partial charge is 0.231 e. The van der Waals surface area contributed by atoms with Crippen molar-refractivity contribution in [2.75, 3.05) is 11.5 Å². The third kappa shape index (κ3) is 1.39. The number of benzene rings is 1. The molecule has 0 spiro atoms. The molecule has 0 atom stereocenters. The maximum absolute atomic E-state index is 9.67. The molecule has 0 saturated heterocycles. The van der Waals surface area contributed by atoms with E-state index in [0.717, 1.165) is 5.56 Å². The van der Waals surface area contributed by atoms with Gasteiger partial charge >= 0.3 is 0 Å². The van der Waals surface area contributed by atoms with Crippen molar-refractivity contribution >= 4 is 33.6 Å². The van der Waals surface area contributed by atoms with Crippen molar-refractivity contribution in [3.63, 3.8) is 0 Å². The van der Waals surface area contributed by atoms with Gasteiger partial charge in [-0.1, -0.05) is 0 Å². The van der Waals surface area contributed by atoms with E-state index in [9.17, 15) is 5.11 Å². The van der Waals surface area contributed by atoms with Gasteiger partial charge in [0.15, 0.2) is 0 Å². The van der Waals surface area contributed by atoms with E-state index in [4.69, 9.17) is 21.1 Å². The molecule has 0 saturated carbocycles. The lowest BCUT2D eigenvalue weighted by Gasteiger charge is -2.02. The van der Waals surface area contributed by atoms with E-state index in [2.05, 4.69) is 4.98 Å². The minimum Gasteiger partial charge on any atom is -0.508 e. The molecule has 6 heteroatoms. The number of hydrogen-bond acceptors (Lipinski definition) is 6. The SMILES string of the molecule is Cc1cc(O)cc2c1oc1nc(N)c(C#N)c(N)c12. The van der Waals surface area contributed by atoms with Gasteiger partial charge in [-0.15, -0.1) is 0 Å². The molecule has 0 amide bonds. The number of nitrogens with zero attached hydrogens (tertiary/aromatic N) is 2. The molecule has 6 nitrogen and oxygen atoms in total. The monoisotopic (exact) mass is 254 g/mol. The third-order valence-corrected chi connectivity index (χ3v) is 3.07. The predicted molar refractivity (Wildman–Crippen MR) is 71.5 cm³/mol. The molecule has 0 unspecified atom stereocenters. The first-order valence-corrected chi connectivity index (χ1v) is 5.53. The van der Waals surface area contributed by atoms with Crippen molar-refractivity contribution in [2.24, 2.45) is 0 Å². The van der Waals surface area contributed by atoms with Crippen LogP contribution in [0.1, 0.15) is 11.1 Å². The van der Waals surface area contributed by atoms with Crippen molar-refractivity contribution in [2.45, 2.75) is 6.92 Å². The zero-order valence-electron chi connectivity index (χ0n) is 10.1. The maximum Gasteiger partial charge on any atom is 0.231 e. The van der Waals surface area contributed by atoms with Crippen molar-refractivity contribution in [3.8, 4) is 11.8 Å². The van der Waals surface area contributed by atoms with Crippen LogP contribution >= 0.6 is 0 Å². The summed E-state index contributed by atoms with van der Waals surface area (Å²) in [5.41, 5.74) is 13.5. The van der Waals surface area contributed by atoms with Crippen molar-refractivity contribution in [3.05, 3.63) is 23.3 Å². The molecule has 3 aromatic rings. The molecule has 1 aromatic carbocycles. The largest absolute Gasteiger partial charge is 0.508 e. The minimum atomic E-state index is 0.0356. The highest BCUT2D eigenvalue weighted by Gasteiger charge is 2.18. The minimum absolute atomic E-state index is 0.0356. The van der Waals surface area contributed by atoms with Crippen LogP contribution in [-0.2, 0) is 0 Å². The van der Waals surface area contributed by atoms with Crippen molar-refractivity contribution in [1.29, 1.82) is 5.26 Å². The number of aromatic hydroxyl groups is 1. The van der Waals surface area contributed by atoms with Crippen LogP contribution < -0.4 is 11.5 Å². The Kier molecular flexibility index (Phi) is 2.07. The number of pyridine rings is 1. The van der Waals surface area contributed by atoms with E-state index < -0.39 is 0 Å². The molecule has 19 heavy (non-hydrogen) atoms. The van der Waals surface area contributed by atoms with Crippen LogP contribution in [0.15, 0.2) is 16.5 Å². The van der Waals surface area contributed by atoms with E-state index in [0.29, 0.717) is 16.4 Å². The van der Waals surface area contributed by atoms with E-state index in [1.807, 2.05) is 6.07 Å². The quantitative estimate of drug-likeness (QED) is 0.564. The van der Waals surface area contributed by atoms with Crippen LogP contribution in [-0.4, -0.2) is 10.1 Å². The molecule has 94 valence electrons. The van der Waals surface area contributed by atoms with Gasteiger partial charge in [-0.2, -0.15) is 10.2 Å². The fourth-order valence-electron chi connectivity index (χ4n) is 2.22. The second kappa shape index (κ2) is 3.53. The summed E-state index contributed by atoms with van der Waals surface area (Å²) in [6.07, 6.45) is 0. The zero-order chi connectivity index (χ0) is 13.7. The Labute approximate surface area is 107 Å². The van der Waals surface area contributed by atoms with Gasteiger partial charge in [0, 0.05) is 5.39 Å². The highest BCUT2D eigenvalue weighted by atomic mass is 16.3. The number of anilines is 2. The van der Waals surface area contributed by atoms with Gasteiger partial charge in [0.1, 0.15) is 28.8 Å². The van der Waals surface area contributed by atoms with E-state index in [-0.39, 0.29) is 28.5 Å². The summed E-state index contributed by atoms with van der Waals surface area (Å²) in [7, 11) is 0. The molecule has 0 fully saturated rings. The van der Waals surface area contributed by atoms with E-state index in [1.54, 1.807) is 13.0 Å². The Balaban J connectivity index is 2.62. The number of phenolic OH excluding ortho intramolecular Hbond substituents is 1. The number of phenols is 1. The fraction of sp³-hybridized carbons (Fsp3) is 0.0769. The van der Waals surface area contributed by atoms with Crippen LogP contribution in [0.25, 0.3) is 22.1 Å². The molecule has 0 aliphatic carbocycles. The Bertz CT molecular complexity index is 874. The van der Waals surface area contributed by atoms with Crippen LogP contribution in [0.2, 0.25) is 0 Å². The number of aromatic nitrogens is 1. The van der Waals surface area contributed by atoms with Gasteiger partial charge in [0.05, 0.1) is 11.1 Å². The number of nitrogen functional groups attached to an aromatic ring is 2. The van der Waals surface area contributed by atoms with Crippen LogP contribution in [0.3, 0.4) is 0 Å². The summed E-state index contributed by atoms with van der Waals surface area (Å²) in [5, 5.41) is 19.8. The number of rotatable bonds is 0. The Morgan fingerprint density at radius 3 is 2.79 bits per heavy atom. The van der Waals surface area contributed by atoms with Crippen molar-refractivity contribution < 1.29 is 9.52 Å². The molecular formula is C13H10N4O2. The number of nitriles is 1. The summed E-state index contributed by atoms with van der Waals surface area (Å²) >= 11 is 0. The van der Waals surface area contributed by atoms with Crippen molar-refractivity contribution in [1.82, 2.24) is 4.98 Å². The number of aryl methyl sites for hydroxylation is 1. The van der Waals surface area contributed by atoms with Gasteiger partial charge < -0.3 is 21.0 Å². The number of furan rings is 1. The van der Waals surface area contributed by atoms with E-state index >= 15 is 0 Å². The third-order valence-electron chi connectivity index (χ3n) is 3.07. The number of hydrogen-bond donors (Lipinski definition) is 3. The average Bonchev–Trinajstić information content (AvgIpc) is 2.68. The summed E-state index contributed by atoms with van der Waals surface area (Å²) in [6, 6.07) is 5.03. The average molecular weight is 254 g/mol. The highest BCUT2D eigenvalue weighted by Crippen LogP contribution is 2.38. The van der Waals surface area contributed by atoms with Gasteiger partial charge in [0.2, 0.25) is 5.71 Å². The molecule has 5 N–H and O–H groups in total. The van der Waals surface area contributed by atoms with Crippen LogP contribution in [0.4, 0.5) is 11.5 Å². The second-order valence-corrected chi connectivity index (χ2v) is 4.32. The first-order chi connectivity index (χ1) is 9.02. The lowest BCUT2D eigenvalue weighted by atomic mass is 10.1. The standard InChI is InChI=1S/C13H10N4O2/c1-5-2-6(18)3-7-9-10(15)8(4-14)12(16)17-13(9)19-11(5)7/h2-3,18H,1H3,(H4,15,16,17). The summed E-state index contributed by atoms with van der Waals surface area (Å²) < 4.78 is 5.61. The Morgan fingerprint density at radius 2 is 2.11 bits per heavy atom. The summed E-state index contributed by atoms with van der Waals surface area (Å²) in [4.78, 5) is 4.04. The van der Waals surface area contributed by atoms with Crippen LogP contribution in [0.5, 0.6) is 5.75 Å². The molecule has 0 radical (unpaired) electrons. The Hall–Kier alpha value is -2.94. The maximum atomic E-state index is 9.67. The lowest BCUT2D eigenvalue weighted by molar-refractivity contribution is 0.475. The molecule has 2 aromatic heterocycles. The summed E-state index contributed by atoms with van der Waals surface area (Å²) in [5.74, 6) is 0.135. The molecule has 0 aliphatic rings. The predicted octanol–water partition coefficient (Wildman–Crippen LogP) is 2.03.